The molecule has 0 saturated carbocycles. The van der Waals surface area contributed by atoms with Crippen molar-refractivity contribution in [2.24, 2.45) is 12.8 Å². The number of nitrogens with one attached hydrogen (secondary N) is 1. The molecule has 0 bridgehead atoms. The Bertz CT molecular complexity index is 294. The van der Waals surface area contributed by atoms with E-state index in [0.29, 0.717) is 12.2 Å². The van der Waals surface area contributed by atoms with Crippen LogP contribution in [0.25, 0.3) is 0 Å². The second-order valence-corrected chi connectivity index (χ2v) is 2.88. The lowest BCUT2D eigenvalue weighted by atomic mass is 10.2. The third-order valence-corrected chi connectivity index (χ3v) is 1.74. The van der Waals surface area contributed by atoms with Gasteiger partial charge in [-0.25, -0.2) is 0 Å². The average molecular weight is 182 g/mol. The molecule has 0 aliphatic rings. The van der Waals surface area contributed by atoms with Crippen LogP contribution in [-0.2, 0) is 11.8 Å². The van der Waals surface area contributed by atoms with Gasteiger partial charge in [0, 0.05) is 19.3 Å². The zero-order valence-corrected chi connectivity index (χ0v) is 7.82. The lowest BCUT2D eigenvalue weighted by Crippen LogP contribution is -2.34. The number of hydrogen-bond acceptors (Lipinski definition) is 3. The van der Waals surface area contributed by atoms with Gasteiger partial charge < -0.3 is 11.1 Å². The zero-order chi connectivity index (χ0) is 9.84. The van der Waals surface area contributed by atoms with Crippen molar-refractivity contribution >= 4 is 11.7 Å². The highest BCUT2D eigenvalue weighted by atomic mass is 16.2. The maximum Gasteiger partial charge on any atom is 0.242 e. The van der Waals surface area contributed by atoms with E-state index in [4.69, 9.17) is 5.73 Å². The number of anilines is 1. The standard InChI is InChI=1S/C8H14N4O/c1-3-6(9)8(13)10-7-4-5-12(2)11-7/h4-6H,3,9H2,1-2H3,(H,10,11,13)/t6-/m0/s1. The summed E-state index contributed by atoms with van der Waals surface area (Å²) >= 11 is 0. The first-order chi connectivity index (χ1) is 6.13. The molecule has 3 N–H and O–H groups in total. The quantitative estimate of drug-likeness (QED) is 0.696. The van der Waals surface area contributed by atoms with E-state index in [9.17, 15) is 4.79 Å². The van der Waals surface area contributed by atoms with Gasteiger partial charge in [-0.1, -0.05) is 6.92 Å². The van der Waals surface area contributed by atoms with Gasteiger partial charge >= 0.3 is 0 Å². The van der Waals surface area contributed by atoms with Gasteiger partial charge in [0.05, 0.1) is 6.04 Å². The summed E-state index contributed by atoms with van der Waals surface area (Å²) in [6, 6.07) is 1.27. The Kier molecular flexibility index (Phi) is 3.02. The Labute approximate surface area is 76.9 Å². The predicted molar refractivity (Wildman–Crippen MR) is 50.1 cm³/mol. The monoisotopic (exact) mass is 182 g/mol. The van der Waals surface area contributed by atoms with Crippen molar-refractivity contribution in [2.45, 2.75) is 19.4 Å². The second-order valence-electron chi connectivity index (χ2n) is 2.88. The number of carbonyl (C=O) groups excluding carboxylic acids is 1. The molecule has 0 aliphatic carbocycles. The molecule has 5 nitrogen and oxygen atoms in total. The predicted octanol–water partition coefficient (Wildman–Crippen LogP) is 0.0959. The number of aryl methyl sites for hydroxylation is 1. The topological polar surface area (TPSA) is 72.9 Å². The highest BCUT2D eigenvalue weighted by molar-refractivity contribution is 5.93. The third kappa shape index (κ3) is 2.55. The van der Waals surface area contributed by atoms with Gasteiger partial charge in [0.2, 0.25) is 5.91 Å². The first kappa shape index (κ1) is 9.73. The van der Waals surface area contributed by atoms with E-state index in [1.165, 1.54) is 0 Å². The van der Waals surface area contributed by atoms with Crippen molar-refractivity contribution in [2.75, 3.05) is 5.32 Å². The number of nitrogens with two attached hydrogens (primary N) is 1. The fourth-order valence-electron chi connectivity index (χ4n) is 0.886. The molecule has 0 fully saturated rings. The van der Waals surface area contributed by atoms with Crippen LogP contribution >= 0.6 is 0 Å². The van der Waals surface area contributed by atoms with Crippen molar-refractivity contribution in [1.82, 2.24) is 9.78 Å². The lowest BCUT2D eigenvalue weighted by Gasteiger charge is -2.06. The Balaban J connectivity index is 2.54. The normalized spacial score (nSPS) is 12.5. The molecule has 1 rings (SSSR count). The highest BCUT2D eigenvalue weighted by Crippen LogP contribution is 2.01. The molecule has 1 amide bonds. The summed E-state index contributed by atoms with van der Waals surface area (Å²) in [7, 11) is 1.79. The van der Waals surface area contributed by atoms with Crippen LogP contribution in [0, 0.1) is 0 Å². The van der Waals surface area contributed by atoms with Gasteiger partial charge in [-0.2, -0.15) is 5.10 Å². The van der Waals surface area contributed by atoms with Crippen LogP contribution in [0.1, 0.15) is 13.3 Å². The van der Waals surface area contributed by atoms with Gasteiger partial charge in [-0.15, -0.1) is 0 Å². The smallest absolute Gasteiger partial charge is 0.242 e. The number of rotatable bonds is 3. The van der Waals surface area contributed by atoms with Gasteiger partial charge in [0.1, 0.15) is 0 Å². The van der Waals surface area contributed by atoms with E-state index in [1.54, 1.807) is 24.0 Å². The number of amides is 1. The second kappa shape index (κ2) is 4.04. The average Bonchev–Trinajstić information content (AvgIpc) is 2.49. The molecule has 1 atom stereocenters. The molecule has 1 aromatic heterocycles. The molecule has 0 unspecified atom stereocenters. The maximum atomic E-state index is 11.3. The van der Waals surface area contributed by atoms with Crippen LogP contribution < -0.4 is 11.1 Å². The minimum atomic E-state index is -0.456. The summed E-state index contributed by atoms with van der Waals surface area (Å²) < 4.78 is 1.62. The number of nitrogens with zero attached hydrogens (tertiary/aromatic N) is 2. The summed E-state index contributed by atoms with van der Waals surface area (Å²) in [5.74, 6) is 0.345. The molecule has 1 heterocycles. The molecule has 5 heteroatoms. The van der Waals surface area contributed by atoms with Crippen LogP contribution in [0.15, 0.2) is 12.3 Å². The largest absolute Gasteiger partial charge is 0.320 e. The van der Waals surface area contributed by atoms with E-state index < -0.39 is 6.04 Å². The van der Waals surface area contributed by atoms with Gasteiger partial charge in [-0.3, -0.25) is 9.48 Å². The van der Waals surface area contributed by atoms with Crippen molar-refractivity contribution < 1.29 is 4.79 Å². The summed E-state index contributed by atoms with van der Waals surface area (Å²) in [6.45, 7) is 1.86. The first-order valence-corrected chi connectivity index (χ1v) is 4.19. The van der Waals surface area contributed by atoms with Gasteiger partial charge in [0.15, 0.2) is 5.82 Å². The Morgan fingerprint density at radius 2 is 2.54 bits per heavy atom. The molecular weight excluding hydrogens is 168 g/mol. The van der Waals surface area contributed by atoms with Gasteiger partial charge in [0.25, 0.3) is 0 Å². The summed E-state index contributed by atoms with van der Waals surface area (Å²) in [4.78, 5) is 11.3. The molecule has 0 radical (unpaired) electrons. The molecule has 0 spiro atoms. The molecule has 0 aliphatic heterocycles. The van der Waals surface area contributed by atoms with Crippen molar-refractivity contribution in [3.63, 3.8) is 0 Å². The Morgan fingerprint density at radius 3 is 3.00 bits per heavy atom. The number of hydrogen-bond donors (Lipinski definition) is 2. The molecule has 0 aromatic carbocycles. The fourth-order valence-corrected chi connectivity index (χ4v) is 0.886. The Hall–Kier alpha value is -1.36. The lowest BCUT2D eigenvalue weighted by molar-refractivity contribution is -0.117. The SMILES string of the molecule is CC[C@H](N)C(=O)Nc1ccn(C)n1. The zero-order valence-electron chi connectivity index (χ0n) is 7.82. The maximum absolute atomic E-state index is 11.3. The van der Waals surface area contributed by atoms with Crippen LogP contribution in [0.5, 0.6) is 0 Å². The van der Waals surface area contributed by atoms with Gasteiger partial charge in [-0.05, 0) is 6.42 Å². The minimum Gasteiger partial charge on any atom is -0.320 e. The van der Waals surface area contributed by atoms with Crippen LogP contribution in [0.3, 0.4) is 0 Å². The summed E-state index contributed by atoms with van der Waals surface area (Å²) in [5, 5.41) is 6.61. The first-order valence-electron chi connectivity index (χ1n) is 4.19. The van der Waals surface area contributed by atoms with E-state index in [0.717, 1.165) is 0 Å². The van der Waals surface area contributed by atoms with Crippen LogP contribution in [0.4, 0.5) is 5.82 Å². The molecule has 0 saturated heterocycles. The fraction of sp³-hybridized carbons (Fsp3) is 0.500. The van der Waals surface area contributed by atoms with E-state index in [-0.39, 0.29) is 5.91 Å². The summed E-state index contributed by atoms with van der Waals surface area (Å²) in [5.41, 5.74) is 5.52. The Morgan fingerprint density at radius 1 is 1.85 bits per heavy atom. The molecule has 1 aromatic rings. The van der Waals surface area contributed by atoms with E-state index >= 15 is 0 Å². The number of aromatic nitrogens is 2. The minimum absolute atomic E-state index is 0.193. The number of carbonyl (C=O) groups is 1. The summed E-state index contributed by atoms with van der Waals surface area (Å²) in [6.07, 6.45) is 2.38. The molecular formula is C8H14N4O. The van der Waals surface area contributed by atoms with E-state index in [2.05, 4.69) is 10.4 Å². The van der Waals surface area contributed by atoms with E-state index in [1.807, 2.05) is 6.92 Å². The van der Waals surface area contributed by atoms with Crippen LogP contribution in [0.2, 0.25) is 0 Å². The molecule has 13 heavy (non-hydrogen) atoms. The van der Waals surface area contributed by atoms with Crippen molar-refractivity contribution in [3.05, 3.63) is 12.3 Å². The van der Waals surface area contributed by atoms with Crippen LogP contribution in [-0.4, -0.2) is 21.7 Å². The third-order valence-electron chi connectivity index (χ3n) is 1.74. The van der Waals surface area contributed by atoms with Crippen molar-refractivity contribution in [1.29, 1.82) is 0 Å². The van der Waals surface area contributed by atoms with Crippen molar-refractivity contribution in [3.8, 4) is 0 Å². The highest BCUT2D eigenvalue weighted by Gasteiger charge is 2.11. The molecule has 72 valence electrons.